The predicted octanol–water partition coefficient (Wildman–Crippen LogP) is 5.16. The van der Waals surface area contributed by atoms with Crippen molar-refractivity contribution in [1.29, 1.82) is 0 Å². The van der Waals surface area contributed by atoms with Gasteiger partial charge < -0.3 is 9.67 Å². The van der Waals surface area contributed by atoms with Crippen LogP contribution in [0.25, 0.3) is 11.3 Å². The summed E-state index contributed by atoms with van der Waals surface area (Å²) >= 11 is 0. The number of imidazole rings is 1. The lowest BCUT2D eigenvalue weighted by molar-refractivity contribution is 0.0364. The number of aliphatic hydroxyl groups excluding tert-OH is 1. The van der Waals surface area contributed by atoms with E-state index >= 15 is 0 Å². The minimum atomic E-state index is -0.311. The Balaban J connectivity index is 0.00000100. The molecule has 0 radical (unpaired) electrons. The lowest BCUT2D eigenvalue weighted by Crippen LogP contribution is -2.34. The van der Waals surface area contributed by atoms with E-state index in [0.717, 1.165) is 6.42 Å². The molecule has 1 N–H and O–H groups in total. The number of fused-ring (bicyclic) bond motifs is 3. The van der Waals surface area contributed by atoms with Crippen molar-refractivity contribution in [1.82, 2.24) is 9.55 Å². The molecule has 0 fully saturated rings. The molecule has 1 aliphatic heterocycles. The van der Waals surface area contributed by atoms with Crippen LogP contribution in [0.5, 0.6) is 0 Å². The van der Waals surface area contributed by atoms with Gasteiger partial charge in [0.15, 0.2) is 0 Å². The Bertz CT molecular complexity index is 645. The summed E-state index contributed by atoms with van der Waals surface area (Å²) in [6.07, 6.45) is 4.55. The second kappa shape index (κ2) is 7.98. The van der Waals surface area contributed by atoms with Gasteiger partial charge >= 0.3 is 0 Å². The summed E-state index contributed by atoms with van der Waals surface area (Å²) in [6, 6.07) is 8.73. The number of hydrogen-bond acceptors (Lipinski definition) is 2. The molecule has 1 aliphatic rings. The molecule has 0 saturated heterocycles. The summed E-state index contributed by atoms with van der Waals surface area (Å²) in [6.45, 7) is 12.7. The van der Waals surface area contributed by atoms with Gasteiger partial charge in [-0.2, -0.15) is 0 Å². The normalized spacial score (nSPS) is 18.0. The van der Waals surface area contributed by atoms with Crippen LogP contribution in [0, 0.1) is 17.8 Å². The van der Waals surface area contributed by atoms with E-state index in [2.05, 4.69) is 61.5 Å². The average molecular weight is 329 g/mol. The maximum Gasteiger partial charge on any atom is 0.0956 e. The van der Waals surface area contributed by atoms with E-state index in [4.69, 9.17) is 0 Å². The molecular weight excluding hydrogens is 296 g/mol. The fourth-order valence-electron chi connectivity index (χ4n) is 3.80. The SMILES string of the molecule is CC.CC(C)C[C@H](C1c2ccccc2-c2cncn21)[C@@H](O)C(C)C. The predicted molar refractivity (Wildman–Crippen MR) is 101 cm³/mol. The quantitative estimate of drug-likeness (QED) is 0.823. The van der Waals surface area contributed by atoms with Crippen LogP contribution in [0.15, 0.2) is 36.8 Å². The Labute approximate surface area is 146 Å². The van der Waals surface area contributed by atoms with E-state index in [1.54, 1.807) is 0 Å². The van der Waals surface area contributed by atoms with Gasteiger partial charge in [-0.25, -0.2) is 4.98 Å². The standard InChI is InChI=1S/C19H26N2O.C2H6/c1-12(2)9-16(19(22)13(3)4)18-15-8-6-5-7-14(15)17-10-20-11-21(17)18;1-2/h5-8,10-13,16,18-19,22H,9H2,1-4H3;1-2H3/t16-,18?,19+;/m1./s1. The van der Waals surface area contributed by atoms with Gasteiger partial charge in [-0.05, 0) is 23.8 Å². The van der Waals surface area contributed by atoms with Crippen molar-refractivity contribution in [2.45, 2.75) is 60.1 Å². The highest BCUT2D eigenvalue weighted by Crippen LogP contribution is 2.46. The van der Waals surface area contributed by atoms with Crippen molar-refractivity contribution in [2.24, 2.45) is 17.8 Å². The van der Waals surface area contributed by atoms with Crippen molar-refractivity contribution in [2.75, 3.05) is 0 Å². The number of rotatable bonds is 5. The number of hydrogen-bond donors (Lipinski definition) is 1. The number of aromatic nitrogens is 2. The zero-order chi connectivity index (χ0) is 17.9. The van der Waals surface area contributed by atoms with E-state index in [1.807, 2.05) is 26.4 Å². The topological polar surface area (TPSA) is 38.0 Å². The summed E-state index contributed by atoms with van der Waals surface area (Å²) in [5.74, 6) is 1.01. The van der Waals surface area contributed by atoms with Crippen LogP contribution in [0.4, 0.5) is 0 Å². The molecule has 0 bridgehead atoms. The highest BCUT2D eigenvalue weighted by molar-refractivity contribution is 5.69. The van der Waals surface area contributed by atoms with Gasteiger partial charge in [0.1, 0.15) is 0 Å². The lowest BCUT2D eigenvalue weighted by atomic mass is 9.79. The Morgan fingerprint density at radius 1 is 1.12 bits per heavy atom. The van der Waals surface area contributed by atoms with E-state index in [9.17, 15) is 5.11 Å². The molecule has 0 amide bonds. The van der Waals surface area contributed by atoms with Gasteiger partial charge in [0.05, 0.1) is 30.4 Å². The molecule has 0 saturated carbocycles. The summed E-state index contributed by atoms with van der Waals surface area (Å²) in [7, 11) is 0. The first-order valence-corrected chi connectivity index (χ1v) is 9.30. The van der Waals surface area contributed by atoms with Gasteiger partial charge in [0.2, 0.25) is 0 Å². The molecule has 0 aliphatic carbocycles. The molecule has 24 heavy (non-hydrogen) atoms. The second-order valence-electron chi connectivity index (χ2n) is 7.25. The Hall–Kier alpha value is -1.61. The summed E-state index contributed by atoms with van der Waals surface area (Å²) in [5.41, 5.74) is 3.75. The molecule has 3 rings (SSSR count). The highest BCUT2D eigenvalue weighted by Gasteiger charge is 2.38. The molecule has 2 aromatic rings. The smallest absolute Gasteiger partial charge is 0.0956 e. The second-order valence-corrected chi connectivity index (χ2v) is 7.25. The highest BCUT2D eigenvalue weighted by atomic mass is 16.3. The minimum absolute atomic E-state index is 0.188. The van der Waals surface area contributed by atoms with Crippen LogP contribution in [-0.2, 0) is 0 Å². The van der Waals surface area contributed by atoms with Crippen molar-refractivity contribution in [3.05, 3.63) is 42.4 Å². The third kappa shape index (κ3) is 3.41. The van der Waals surface area contributed by atoms with Crippen LogP contribution in [0.3, 0.4) is 0 Å². The molecule has 2 heterocycles. The van der Waals surface area contributed by atoms with Crippen molar-refractivity contribution in [3.8, 4) is 11.3 Å². The first kappa shape index (κ1) is 18.7. The van der Waals surface area contributed by atoms with Gasteiger partial charge in [0, 0.05) is 11.5 Å². The van der Waals surface area contributed by atoms with Crippen LogP contribution in [-0.4, -0.2) is 20.8 Å². The molecule has 1 aromatic heterocycles. The van der Waals surface area contributed by atoms with Crippen LogP contribution < -0.4 is 0 Å². The van der Waals surface area contributed by atoms with Gasteiger partial charge in [-0.3, -0.25) is 0 Å². The van der Waals surface area contributed by atoms with E-state index in [-0.39, 0.29) is 24.0 Å². The molecule has 1 unspecified atom stereocenters. The van der Waals surface area contributed by atoms with Gasteiger partial charge in [-0.1, -0.05) is 65.8 Å². The lowest BCUT2D eigenvalue weighted by Gasteiger charge is -2.33. The molecule has 132 valence electrons. The third-order valence-electron chi connectivity index (χ3n) is 4.79. The zero-order valence-electron chi connectivity index (χ0n) is 15.9. The fraction of sp³-hybridized carbons (Fsp3) is 0.571. The zero-order valence-corrected chi connectivity index (χ0v) is 15.9. The fourth-order valence-corrected chi connectivity index (χ4v) is 3.80. The Morgan fingerprint density at radius 3 is 2.42 bits per heavy atom. The third-order valence-corrected chi connectivity index (χ3v) is 4.79. The maximum absolute atomic E-state index is 10.9. The van der Waals surface area contributed by atoms with Crippen LogP contribution in [0.2, 0.25) is 0 Å². The van der Waals surface area contributed by atoms with Crippen molar-refractivity contribution in [3.63, 3.8) is 0 Å². The van der Waals surface area contributed by atoms with Crippen LogP contribution >= 0.6 is 0 Å². The molecule has 3 atom stereocenters. The monoisotopic (exact) mass is 328 g/mol. The molecule has 3 heteroatoms. The first-order valence-electron chi connectivity index (χ1n) is 9.30. The molecule has 1 aromatic carbocycles. The number of benzene rings is 1. The Kier molecular flexibility index (Phi) is 6.22. The minimum Gasteiger partial charge on any atom is -0.392 e. The number of nitrogens with zero attached hydrogens (tertiary/aromatic N) is 2. The number of aliphatic hydroxyl groups is 1. The molecular formula is C21H32N2O. The van der Waals surface area contributed by atoms with Gasteiger partial charge in [-0.15, -0.1) is 0 Å². The maximum atomic E-state index is 10.9. The van der Waals surface area contributed by atoms with Crippen LogP contribution in [0.1, 0.15) is 59.6 Å². The van der Waals surface area contributed by atoms with Crippen molar-refractivity contribution < 1.29 is 5.11 Å². The van der Waals surface area contributed by atoms with Gasteiger partial charge in [0.25, 0.3) is 0 Å². The first-order chi connectivity index (χ1) is 11.5. The largest absolute Gasteiger partial charge is 0.392 e. The summed E-state index contributed by atoms with van der Waals surface area (Å²) in [5, 5.41) is 10.9. The summed E-state index contributed by atoms with van der Waals surface area (Å²) < 4.78 is 2.25. The van der Waals surface area contributed by atoms with Crippen molar-refractivity contribution >= 4 is 0 Å². The average Bonchev–Trinajstić information content (AvgIpc) is 3.14. The van der Waals surface area contributed by atoms with E-state index in [1.165, 1.54) is 16.8 Å². The Morgan fingerprint density at radius 2 is 1.79 bits per heavy atom. The van der Waals surface area contributed by atoms with E-state index in [0.29, 0.717) is 5.92 Å². The van der Waals surface area contributed by atoms with E-state index < -0.39 is 0 Å². The molecule has 0 spiro atoms. The summed E-state index contributed by atoms with van der Waals surface area (Å²) in [4.78, 5) is 4.34. The molecule has 3 nitrogen and oxygen atoms in total.